The summed E-state index contributed by atoms with van der Waals surface area (Å²) in [6, 6.07) is 3.41. The van der Waals surface area contributed by atoms with Gasteiger partial charge in [-0.1, -0.05) is 13.8 Å². The minimum absolute atomic E-state index is 0.219. The van der Waals surface area contributed by atoms with E-state index in [9.17, 15) is 4.79 Å². The lowest BCUT2D eigenvalue weighted by Gasteiger charge is -2.10. The molecule has 1 aliphatic heterocycles. The summed E-state index contributed by atoms with van der Waals surface area (Å²) >= 11 is 1.67. The standard InChI is InChI=1S/C17H21N3O3S/c1-10(2)16-19-12(8-24-16)4-5-18-17(21)20-13-7-15-14(6-11(13)3)22-9-23-15/h6-8,10H,4-5,9H2,1-3H3,(H2,18,20,21). The van der Waals surface area contributed by atoms with Crippen LogP contribution in [0.1, 0.15) is 36.0 Å². The Hall–Kier alpha value is -2.28. The predicted molar refractivity (Wildman–Crippen MR) is 94.2 cm³/mol. The molecule has 0 atom stereocenters. The maximum atomic E-state index is 12.1. The van der Waals surface area contributed by atoms with Crippen molar-refractivity contribution >= 4 is 23.1 Å². The third kappa shape index (κ3) is 3.79. The SMILES string of the molecule is Cc1cc2c(cc1NC(=O)NCCc1csc(C(C)C)n1)OCO2. The number of aryl methyl sites for hydroxylation is 1. The molecule has 0 spiro atoms. The van der Waals surface area contributed by atoms with Crippen molar-refractivity contribution in [3.05, 3.63) is 33.8 Å². The minimum atomic E-state index is -0.240. The van der Waals surface area contributed by atoms with Gasteiger partial charge in [0.05, 0.1) is 10.7 Å². The fourth-order valence-corrected chi connectivity index (χ4v) is 3.22. The number of rotatable bonds is 5. The van der Waals surface area contributed by atoms with Crippen molar-refractivity contribution in [3.8, 4) is 11.5 Å². The first-order valence-corrected chi connectivity index (χ1v) is 8.80. The summed E-state index contributed by atoms with van der Waals surface area (Å²) in [7, 11) is 0. The number of nitrogens with zero attached hydrogens (tertiary/aromatic N) is 1. The third-order valence-corrected chi connectivity index (χ3v) is 4.89. The number of carbonyl (C=O) groups excluding carboxylic acids is 1. The highest BCUT2D eigenvalue weighted by Crippen LogP contribution is 2.36. The summed E-state index contributed by atoms with van der Waals surface area (Å²) < 4.78 is 10.7. The molecule has 0 radical (unpaired) electrons. The molecule has 0 saturated heterocycles. The van der Waals surface area contributed by atoms with Crippen LogP contribution in [-0.2, 0) is 6.42 Å². The highest BCUT2D eigenvalue weighted by atomic mass is 32.1. The van der Waals surface area contributed by atoms with Gasteiger partial charge >= 0.3 is 6.03 Å². The molecule has 0 unspecified atom stereocenters. The van der Waals surface area contributed by atoms with Gasteiger partial charge in [-0.2, -0.15) is 0 Å². The van der Waals surface area contributed by atoms with E-state index in [2.05, 4.69) is 34.8 Å². The molecule has 2 aromatic rings. The van der Waals surface area contributed by atoms with Gasteiger partial charge in [0.1, 0.15) is 0 Å². The quantitative estimate of drug-likeness (QED) is 0.866. The van der Waals surface area contributed by atoms with Crippen LogP contribution in [0.5, 0.6) is 11.5 Å². The average Bonchev–Trinajstić information content (AvgIpc) is 3.16. The normalized spacial score (nSPS) is 12.5. The van der Waals surface area contributed by atoms with Gasteiger partial charge in [0.15, 0.2) is 11.5 Å². The number of amides is 2. The molecule has 6 nitrogen and oxygen atoms in total. The number of urea groups is 1. The first-order valence-electron chi connectivity index (χ1n) is 7.92. The fraction of sp³-hybridized carbons (Fsp3) is 0.412. The van der Waals surface area contributed by atoms with E-state index in [1.807, 2.05) is 13.0 Å². The van der Waals surface area contributed by atoms with E-state index < -0.39 is 0 Å². The number of hydrogen-bond donors (Lipinski definition) is 2. The van der Waals surface area contributed by atoms with Gasteiger partial charge in [0.2, 0.25) is 6.79 Å². The number of carbonyl (C=O) groups is 1. The molecule has 3 rings (SSSR count). The van der Waals surface area contributed by atoms with E-state index in [4.69, 9.17) is 9.47 Å². The average molecular weight is 347 g/mol. The highest BCUT2D eigenvalue weighted by molar-refractivity contribution is 7.09. The maximum absolute atomic E-state index is 12.1. The lowest BCUT2D eigenvalue weighted by Crippen LogP contribution is -2.30. The van der Waals surface area contributed by atoms with Gasteiger partial charge in [-0.15, -0.1) is 11.3 Å². The number of aromatic nitrogens is 1. The van der Waals surface area contributed by atoms with E-state index in [1.165, 1.54) is 0 Å². The van der Waals surface area contributed by atoms with Crippen LogP contribution >= 0.6 is 11.3 Å². The van der Waals surface area contributed by atoms with Crippen molar-refractivity contribution in [1.82, 2.24) is 10.3 Å². The number of fused-ring (bicyclic) bond motifs is 1. The molecular weight excluding hydrogens is 326 g/mol. The molecule has 2 N–H and O–H groups in total. The van der Waals surface area contributed by atoms with Crippen molar-refractivity contribution < 1.29 is 14.3 Å². The molecule has 24 heavy (non-hydrogen) atoms. The first-order chi connectivity index (χ1) is 11.5. The molecule has 1 aliphatic rings. The van der Waals surface area contributed by atoms with Crippen LogP contribution in [0.3, 0.4) is 0 Å². The van der Waals surface area contributed by atoms with Crippen LogP contribution in [0, 0.1) is 6.92 Å². The molecule has 1 aromatic heterocycles. The smallest absolute Gasteiger partial charge is 0.319 e. The molecule has 2 heterocycles. The Kier molecular flexibility index (Phi) is 4.89. The van der Waals surface area contributed by atoms with Crippen LogP contribution in [0.2, 0.25) is 0 Å². The van der Waals surface area contributed by atoms with Gasteiger partial charge in [-0.25, -0.2) is 9.78 Å². The topological polar surface area (TPSA) is 72.5 Å². The Morgan fingerprint density at radius 2 is 2.08 bits per heavy atom. The lowest BCUT2D eigenvalue weighted by atomic mass is 10.2. The zero-order chi connectivity index (χ0) is 17.1. The maximum Gasteiger partial charge on any atom is 0.319 e. The van der Waals surface area contributed by atoms with E-state index in [0.29, 0.717) is 29.6 Å². The zero-order valence-corrected chi connectivity index (χ0v) is 14.8. The van der Waals surface area contributed by atoms with Gasteiger partial charge in [0, 0.05) is 36.0 Å². The summed E-state index contributed by atoms with van der Waals surface area (Å²) in [5.74, 6) is 1.80. The number of hydrogen-bond acceptors (Lipinski definition) is 5. The van der Waals surface area contributed by atoms with Crippen LogP contribution in [0.25, 0.3) is 0 Å². The second kappa shape index (κ2) is 7.09. The van der Waals surface area contributed by atoms with Crippen LogP contribution in [0.15, 0.2) is 17.5 Å². The molecule has 128 valence electrons. The van der Waals surface area contributed by atoms with Crippen molar-refractivity contribution in [1.29, 1.82) is 0 Å². The summed E-state index contributed by atoms with van der Waals surface area (Å²) in [6.45, 7) is 6.93. The van der Waals surface area contributed by atoms with E-state index in [0.717, 1.165) is 22.7 Å². The van der Waals surface area contributed by atoms with Crippen molar-refractivity contribution in [2.75, 3.05) is 18.7 Å². The monoisotopic (exact) mass is 347 g/mol. The number of nitrogens with one attached hydrogen (secondary N) is 2. The Morgan fingerprint density at radius 3 is 2.79 bits per heavy atom. The fourth-order valence-electron chi connectivity index (χ4n) is 2.35. The Labute approximate surface area is 145 Å². The minimum Gasteiger partial charge on any atom is -0.454 e. The summed E-state index contributed by atoms with van der Waals surface area (Å²) in [5, 5.41) is 8.88. The highest BCUT2D eigenvalue weighted by Gasteiger charge is 2.16. The predicted octanol–water partition coefficient (Wildman–Crippen LogP) is 3.67. The molecule has 0 bridgehead atoms. The van der Waals surface area contributed by atoms with E-state index >= 15 is 0 Å². The largest absolute Gasteiger partial charge is 0.454 e. The number of benzene rings is 1. The molecule has 2 amide bonds. The van der Waals surface area contributed by atoms with Crippen LogP contribution in [-0.4, -0.2) is 24.4 Å². The van der Waals surface area contributed by atoms with Crippen molar-refractivity contribution in [3.63, 3.8) is 0 Å². The van der Waals surface area contributed by atoms with Gasteiger partial charge in [-0.3, -0.25) is 0 Å². The molecule has 1 aromatic carbocycles. The molecule has 7 heteroatoms. The van der Waals surface area contributed by atoms with Gasteiger partial charge in [-0.05, 0) is 18.6 Å². The Bertz CT molecular complexity index is 743. The number of ether oxygens (including phenoxy) is 2. The van der Waals surface area contributed by atoms with Gasteiger partial charge in [0.25, 0.3) is 0 Å². The summed E-state index contributed by atoms with van der Waals surface area (Å²) in [6.07, 6.45) is 0.719. The number of anilines is 1. The molecule has 0 aliphatic carbocycles. The van der Waals surface area contributed by atoms with Crippen LogP contribution in [0.4, 0.5) is 10.5 Å². The zero-order valence-electron chi connectivity index (χ0n) is 14.0. The summed E-state index contributed by atoms with van der Waals surface area (Å²) in [5.41, 5.74) is 2.66. The van der Waals surface area contributed by atoms with Crippen LogP contribution < -0.4 is 20.1 Å². The first kappa shape index (κ1) is 16.6. The van der Waals surface area contributed by atoms with Crippen molar-refractivity contribution in [2.45, 2.75) is 33.1 Å². The van der Waals surface area contributed by atoms with Crippen molar-refractivity contribution in [2.24, 2.45) is 0 Å². The lowest BCUT2D eigenvalue weighted by molar-refractivity contribution is 0.174. The second-order valence-electron chi connectivity index (χ2n) is 5.98. The molecular formula is C17H21N3O3S. The molecule has 0 saturated carbocycles. The van der Waals surface area contributed by atoms with E-state index in [1.54, 1.807) is 17.4 Å². The second-order valence-corrected chi connectivity index (χ2v) is 6.87. The number of thiazole rings is 1. The Morgan fingerprint density at radius 1 is 1.33 bits per heavy atom. The third-order valence-electron chi connectivity index (χ3n) is 3.70. The molecule has 0 fully saturated rings. The van der Waals surface area contributed by atoms with Gasteiger partial charge < -0.3 is 20.1 Å². The summed E-state index contributed by atoms with van der Waals surface area (Å²) in [4.78, 5) is 16.6. The Balaban J connectivity index is 1.51. The van der Waals surface area contributed by atoms with E-state index in [-0.39, 0.29) is 12.8 Å².